The van der Waals surface area contributed by atoms with E-state index in [1.54, 1.807) is 0 Å². The van der Waals surface area contributed by atoms with Gasteiger partial charge in [0.1, 0.15) is 5.54 Å². The predicted octanol–water partition coefficient (Wildman–Crippen LogP) is 2.65. The van der Waals surface area contributed by atoms with Gasteiger partial charge in [0.2, 0.25) is 5.91 Å². The number of likely N-dealkylation sites (tertiary alicyclic amines) is 2. The maximum atomic E-state index is 13.9. The Balaban J connectivity index is 1.32. The van der Waals surface area contributed by atoms with Crippen LogP contribution in [0, 0.1) is 11.8 Å². The van der Waals surface area contributed by atoms with Crippen molar-refractivity contribution in [1.82, 2.24) is 20.0 Å². The van der Waals surface area contributed by atoms with Gasteiger partial charge in [-0.05, 0) is 63.1 Å². The molecule has 3 saturated heterocycles. The third-order valence-corrected chi connectivity index (χ3v) is 8.32. The number of urea groups is 1. The first-order valence-electron chi connectivity index (χ1n) is 12.8. The SMILES string of the molecule is O=C(C1CCC1)N1CCC(C2(Cc3ccccc3)NC(=O)N(CCN3CCCC3)C2=O)CC1. The predicted molar refractivity (Wildman–Crippen MR) is 125 cm³/mol. The Kier molecular flexibility index (Phi) is 6.41. The maximum Gasteiger partial charge on any atom is 0.325 e. The fraction of sp³-hybridized carbons (Fsp3) is 0.654. The molecule has 1 aromatic rings. The van der Waals surface area contributed by atoms with Crippen LogP contribution in [0.1, 0.15) is 50.5 Å². The van der Waals surface area contributed by atoms with Crippen LogP contribution in [0.3, 0.4) is 0 Å². The number of rotatable bonds is 7. The van der Waals surface area contributed by atoms with Crippen molar-refractivity contribution in [2.75, 3.05) is 39.3 Å². The minimum Gasteiger partial charge on any atom is -0.342 e. The van der Waals surface area contributed by atoms with Gasteiger partial charge in [-0.1, -0.05) is 36.8 Å². The number of hydrogen-bond acceptors (Lipinski definition) is 4. The zero-order valence-corrected chi connectivity index (χ0v) is 19.5. The number of imide groups is 1. The van der Waals surface area contributed by atoms with Crippen LogP contribution in [0.4, 0.5) is 4.79 Å². The molecule has 4 amide bonds. The van der Waals surface area contributed by atoms with Crippen LogP contribution in [0.15, 0.2) is 30.3 Å². The highest BCUT2D eigenvalue weighted by Gasteiger charge is 2.56. The van der Waals surface area contributed by atoms with E-state index in [2.05, 4.69) is 10.2 Å². The summed E-state index contributed by atoms with van der Waals surface area (Å²) in [4.78, 5) is 45.4. The molecule has 1 unspecified atom stereocenters. The number of nitrogens with zero attached hydrogens (tertiary/aromatic N) is 3. The Hall–Kier alpha value is -2.41. The molecule has 1 N–H and O–H groups in total. The van der Waals surface area contributed by atoms with E-state index >= 15 is 0 Å². The van der Waals surface area contributed by atoms with Gasteiger partial charge in [-0.2, -0.15) is 0 Å². The average molecular weight is 453 g/mol. The minimum atomic E-state index is -0.922. The minimum absolute atomic E-state index is 0.0244. The number of piperidine rings is 1. The summed E-state index contributed by atoms with van der Waals surface area (Å²) < 4.78 is 0. The van der Waals surface area contributed by atoms with Gasteiger partial charge < -0.3 is 15.1 Å². The summed E-state index contributed by atoms with van der Waals surface area (Å²) in [6, 6.07) is 9.73. The lowest BCUT2D eigenvalue weighted by atomic mass is 9.73. The van der Waals surface area contributed by atoms with Crippen molar-refractivity contribution in [3.63, 3.8) is 0 Å². The van der Waals surface area contributed by atoms with E-state index in [4.69, 9.17) is 0 Å². The molecule has 0 radical (unpaired) electrons. The third kappa shape index (κ3) is 4.39. The van der Waals surface area contributed by atoms with Crippen LogP contribution in [0.5, 0.6) is 0 Å². The summed E-state index contributed by atoms with van der Waals surface area (Å²) >= 11 is 0. The molecule has 5 rings (SSSR count). The first-order valence-corrected chi connectivity index (χ1v) is 12.8. The molecule has 4 aliphatic rings. The molecule has 1 atom stereocenters. The van der Waals surface area contributed by atoms with Crippen molar-refractivity contribution in [3.05, 3.63) is 35.9 Å². The number of hydrogen-bond donors (Lipinski definition) is 1. The summed E-state index contributed by atoms with van der Waals surface area (Å²) in [6.45, 7) is 4.63. The van der Waals surface area contributed by atoms with E-state index in [0.29, 0.717) is 26.1 Å². The first kappa shape index (κ1) is 22.4. The fourth-order valence-corrected chi connectivity index (χ4v) is 6.06. The van der Waals surface area contributed by atoms with E-state index < -0.39 is 5.54 Å². The van der Waals surface area contributed by atoms with Gasteiger partial charge in [0.05, 0.1) is 0 Å². The lowest BCUT2D eigenvalue weighted by molar-refractivity contribution is -0.140. The zero-order chi connectivity index (χ0) is 22.8. The third-order valence-electron chi connectivity index (χ3n) is 8.32. The standard InChI is InChI=1S/C26H36N4O3/c31-23(21-9-6-10-21)29-15-11-22(12-16-29)26(19-20-7-2-1-3-8-20)24(32)30(25(33)27-26)18-17-28-13-4-5-14-28/h1-3,7-8,21-22H,4-6,9-19H2,(H,27,33). The molecular weight excluding hydrogens is 416 g/mol. The largest absolute Gasteiger partial charge is 0.342 e. The van der Waals surface area contributed by atoms with Gasteiger partial charge in [-0.25, -0.2) is 4.79 Å². The van der Waals surface area contributed by atoms with Gasteiger partial charge in [0.15, 0.2) is 0 Å². The molecule has 1 saturated carbocycles. The topological polar surface area (TPSA) is 73.0 Å². The van der Waals surface area contributed by atoms with Gasteiger partial charge in [-0.3, -0.25) is 14.5 Å². The van der Waals surface area contributed by atoms with Crippen molar-refractivity contribution in [2.24, 2.45) is 11.8 Å². The molecular formula is C26H36N4O3. The Morgan fingerprint density at radius 3 is 2.24 bits per heavy atom. The molecule has 7 heteroatoms. The highest BCUT2D eigenvalue weighted by atomic mass is 16.2. The molecule has 3 aliphatic heterocycles. The van der Waals surface area contributed by atoms with Crippen molar-refractivity contribution in [2.45, 2.75) is 56.9 Å². The molecule has 178 valence electrons. The van der Waals surface area contributed by atoms with Crippen molar-refractivity contribution in [1.29, 1.82) is 0 Å². The highest BCUT2D eigenvalue weighted by Crippen LogP contribution is 2.38. The van der Waals surface area contributed by atoms with Crippen molar-refractivity contribution >= 4 is 17.8 Å². The molecule has 1 aliphatic carbocycles. The van der Waals surface area contributed by atoms with E-state index in [1.165, 1.54) is 17.7 Å². The number of benzene rings is 1. The molecule has 0 spiro atoms. The van der Waals surface area contributed by atoms with Gasteiger partial charge in [-0.15, -0.1) is 0 Å². The first-order chi connectivity index (χ1) is 16.1. The van der Waals surface area contributed by atoms with Crippen LogP contribution in [0.25, 0.3) is 0 Å². The fourth-order valence-electron chi connectivity index (χ4n) is 6.06. The van der Waals surface area contributed by atoms with Crippen LogP contribution >= 0.6 is 0 Å². The Morgan fingerprint density at radius 2 is 1.61 bits per heavy atom. The average Bonchev–Trinajstić information content (AvgIpc) is 3.39. The second-order valence-corrected chi connectivity index (χ2v) is 10.3. The molecule has 4 fully saturated rings. The van der Waals surface area contributed by atoms with E-state index in [9.17, 15) is 14.4 Å². The lowest BCUT2D eigenvalue weighted by Gasteiger charge is -2.42. The Labute approximate surface area is 196 Å². The second-order valence-electron chi connectivity index (χ2n) is 10.3. The van der Waals surface area contributed by atoms with Crippen LogP contribution in [0.2, 0.25) is 0 Å². The Bertz CT molecular complexity index is 873. The van der Waals surface area contributed by atoms with Crippen LogP contribution < -0.4 is 5.32 Å². The van der Waals surface area contributed by atoms with Gasteiger partial charge in [0, 0.05) is 38.5 Å². The summed E-state index contributed by atoms with van der Waals surface area (Å²) in [5.41, 5.74) is 0.134. The van der Waals surface area contributed by atoms with Gasteiger partial charge in [0.25, 0.3) is 5.91 Å². The number of nitrogens with one attached hydrogen (secondary N) is 1. The molecule has 0 aromatic heterocycles. The number of carbonyl (C=O) groups is 3. The van der Waals surface area contributed by atoms with E-state index in [0.717, 1.165) is 57.3 Å². The Morgan fingerprint density at radius 1 is 0.909 bits per heavy atom. The highest BCUT2D eigenvalue weighted by molar-refractivity contribution is 6.07. The molecule has 1 aromatic carbocycles. The smallest absolute Gasteiger partial charge is 0.325 e. The van der Waals surface area contributed by atoms with Crippen molar-refractivity contribution < 1.29 is 14.4 Å². The number of amides is 4. The van der Waals surface area contributed by atoms with Crippen molar-refractivity contribution in [3.8, 4) is 0 Å². The summed E-state index contributed by atoms with van der Waals surface area (Å²) in [7, 11) is 0. The normalized spacial score (nSPS) is 27.2. The molecule has 7 nitrogen and oxygen atoms in total. The second kappa shape index (κ2) is 9.45. The molecule has 3 heterocycles. The molecule has 33 heavy (non-hydrogen) atoms. The van der Waals surface area contributed by atoms with Crippen LogP contribution in [-0.2, 0) is 16.0 Å². The lowest BCUT2D eigenvalue weighted by Crippen LogP contribution is -2.58. The van der Waals surface area contributed by atoms with Crippen LogP contribution in [-0.4, -0.2) is 77.4 Å². The summed E-state index contributed by atoms with van der Waals surface area (Å²) in [5, 5.41) is 3.17. The number of carbonyl (C=O) groups excluding carboxylic acids is 3. The molecule has 0 bridgehead atoms. The van der Waals surface area contributed by atoms with Gasteiger partial charge >= 0.3 is 6.03 Å². The maximum absolute atomic E-state index is 13.9. The quantitative estimate of drug-likeness (QED) is 0.646. The van der Waals surface area contributed by atoms with E-state index in [1.807, 2.05) is 35.2 Å². The van der Waals surface area contributed by atoms with E-state index in [-0.39, 0.29) is 29.7 Å². The summed E-state index contributed by atoms with van der Waals surface area (Å²) in [6.07, 6.45) is 7.55. The monoisotopic (exact) mass is 452 g/mol. The zero-order valence-electron chi connectivity index (χ0n) is 19.5. The summed E-state index contributed by atoms with van der Waals surface area (Å²) in [5.74, 6) is 0.426.